The van der Waals surface area contributed by atoms with Crippen LogP contribution in [0.15, 0.2) is 30.3 Å². The highest BCUT2D eigenvalue weighted by Gasteiger charge is 2.14. The minimum absolute atomic E-state index is 0.0738. The molecule has 1 aromatic carbocycles. The molecule has 1 atom stereocenters. The molecule has 0 fully saturated rings. The molecule has 3 nitrogen and oxygen atoms in total. The Hall–Kier alpha value is -1.00. The van der Waals surface area contributed by atoms with Crippen molar-refractivity contribution in [3.8, 4) is 0 Å². The quantitative estimate of drug-likeness (QED) is 0.597. The zero-order valence-corrected chi connectivity index (χ0v) is 10.9. The molecule has 94 valence electrons. The normalized spacial score (nSPS) is 12.1. The average molecular weight is 253 g/mol. The van der Waals surface area contributed by atoms with E-state index in [0.29, 0.717) is 13.2 Å². The minimum atomic E-state index is -0.140. The predicted molar refractivity (Wildman–Crippen MR) is 71.8 cm³/mol. The molecule has 0 aromatic heterocycles. The summed E-state index contributed by atoms with van der Waals surface area (Å²) in [6.07, 6.45) is 0. The van der Waals surface area contributed by atoms with Crippen LogP contribution in [-0.2, 0) is 16.1 Å². The van der Waals surface area contributed by atoms with Gasteiger partial charge < -0.3 is 10.5 Å². The van der Waals surface area contributed by atoms with Gasteiger partial charge in [-0.25, -0.2) is 0 Å². The molecule has 1 aromatic rings. The summed E-state index contributed by atoms with van der Waals surface area (Å²) in [5.74, 6) is 1.44. The van der Waals surface area contributed by atoms with Crippen LogP contribution < -0.4 is 5.73 Å². The Kier molecular flexibility index (Phi) is 6.74. The highest BCUT2D eigenvalue weighted by molar-refractivity contribution is 7.99. The highest BCUT2D eigenvalue weighted by Crippen LogP contribution is 2.10. The maximum Gasteiger partial charge on any atom is 0.309 e. The van der Waals surface area contributed by atoms with Gasteiger partial charge in [-0.05, 0) is 5.56 Å². The molecule has 17 heavy (non-hydrogen) atoms. The lowest BCUT2D eigenvalue weighted by molar-refractivity contribution is -0.148. The van der Waals surface area contributed by atoms with E-state index in [1.165, 1.54) is 0 Å². The summed E-state index contributed by atoms with van der Waals surface area (Å²) in [6, 6.07) is 9.70. The second-order valence-corrected chi connectivity index (χ2v) is 5.01. The van der Waals surface area contributed by atoms with Crippen molar-refractivity contribution in [2.24, 2.45) is 11.7 Å². The number of benzene rings is 1. The van der Waals surface area contributed by atoms with Crippen molar-refractivity contribution >= 4 is 17.7 Å². The number of thioether (sulfide) groups is 1. The summed E-state index contributed by atoms with van der Waals surface area (Å²) in [5.41, 5.74) is 6.40. The van der Waals surface area contributed by atoms with E-state index in [1.807, 2.05) is 37.3 Å². The van der Waals surface area contributed by atoms with Crippen LogP contribution in [0, 0.1) is 5.92 Å². The zero-order chi connectivity index (χ0) is 12.5. The maximum absolute atomic E-state index is 11.6. The predicted octanol–water partition coefficient (Wildman–Crippen LogP) is 2.06. The van der Waals surface area contributed by atoms with Gasteiger partial charge in [0.15, 0.2) is 0 Å². The van der Waals surface area contributed by atoms with Crippen LogP contribution in [0.2, 0.25) is 0 Å². The van der Waals surface area contributed by atoms with Crippen molar-refractivity contribution in [1.29, 1.82) is 0 Å². The second-order valence-electron chi connectivity index (χ2n) is 3.86. The van der Waals surface area contributed by atoms with Crippen molar-refractivity contribution in [3.05, 3.63) is 35.9 Å². The maximum atomic E-state index is 11.6. The molecule has 1 rings (SSSR count). The molecule has 0 saturated heterocycles. The van der Waals surface area contributed by atoms with Gasteiger partial charge in [-0.1, -0.05) is 37.3 Å². The van der Waals surface area contributed by atoms with Crippen LogP contribution >= 0.6 is 11.8 Å². The second kappa shape index (κ2) is 8.14. The number of hydrogen-bond acceptors (Lipinski definition) is 4. The number of nitrogens with two attached hydrogens (primary N) is 1. The molecule has 4 heteroatoms. The third kappa shape index (κ3) is 5.75. The Morgan fingerprint density at radius 3 is 2.76 bits per heavy atom. The molecule has 0 amide bonds. The van der Waals surface area contributed by atoms with Crippen LogP contribution in [0.3, 0.4) is 0 Å². The molecule has 0 aliphatic carbocycles. The van der Waals surface area contributed by atoms with Crippen molar-refractivity contribution in [2.45, 2.75) is 13.5 Å². The Balaban J connectivity index is 2.24. The minimum Gasteiger partial charge on any atom is -0.461 e. The molecule has 0 radical (unpaired) electrons. The fourth-order valence-electron chi connectivity index (χ4n) is 1.28. The fourth-order valence-corrected chi connectivity index (χ4v) is 2.11. The molecule has 1 unspecified atom stereocenters. The highest BCUT2D eigenvalue weighted by atomic mass is 32.2. The van der Waals surface area contributed by atoms with E-state index >= 15 is 0 Å². The lowest BCUT2D eigenvalue weighted by atomic mass is 10.2. The van der Waals surface area contributed by atoms with Crippen molar-refractivity contribution in [3.63, 3.8) is 0 Å². The smallest absolute Gasteiger partial charge is 0.309 e. The first kappa shape index (κ1) is 14.1. The fraction of sp³-hybridized carbons (Fsp3) is 0.462. The molecule has 0 heterocycles. The number of esters is 1. The van der Waals surface area contributed by atoms with Gasteiger partial charge in [-0.15, -0.1) is 0 Å². The molecule has 0 aliphatic heterocycles. The van der Waals surface area contributed by atoms with Crippen LogP contribution in [0.25, 0.3) is 0 Å². The van der Waals surface area contributed by atoms with E-state index in [4.69, 9.17) is 10.5 Å². The van der Waals surface area contributed by atoms with E-state index < -0.39 is 0 Å². The summed E-state index contributed by atoms with van der Waals surface area (Å²) in [6.45, 7) is 2.89. The summed E-state index contributed by atoms with van der Waals surface area (Å²) in [5, 5.41) is 0. The van der Waals surface area contributed by atoms with Crippen molar-refractivity contribution in [2.75, 3.05) is 18.1 Å². The van der Waals surface area contributed by atoms with E-state index in [-0.39, 0.29) is 11.9 Å². The van der Waals surface area contributed by atoms with Gasteiger partial charge in [-0.2, -0.15) is 11.8 Å². The summed E-state index contributed by atoms with van der Waals surface area (Å²) >= 11 is 1.69. The van der Waals surface area contributed by atoms with Crippen molar-refractivity contribution in [1.82, 2.24) is 0 Å². The van der Waals surface area contributed by atoms with Gasteiger partial charge in [0.05, 0.1) is 5.92 Å². The van der Waals surface area contributed by atoms with Gasteiger partial charge in [-0.3, -0.25) is 4.79 Å². The molecular weight excluding hydrogens is 234 g/mol. The molecule has 0 aliphatic rings. The van der Waals surface area contributed by atoms with Gasteiger partial charge >= 0.3 is 5.97 Å². The number of carbonyl (C=O) groups is 1. The van der Waals surface area contributed by atoms with Gasteiger partial charge in [0.1, 0.15) is 6.61 Å². The molecule has 0 saturated carbocycles. The Bertz CT molecular complexity index is 329. The van der Waals surface area contributed by atoms with Crippen LogP contribution in [0.4, 0.5) is 0 Å². The van der Waals surface area contributed by atoms with Crippen LogP contribution in [-0.4, -0.2) is 24.0 Å². The van der Waals surface area contributed by atoms with E-state index in [1.54, 1.807) is 11.8 Å². The van der Waals surface area contributed by atoms with E-state index in [9.17, 15) is 4.79 Å². The van der Waals surface area contributed by atoms with Crippen molar-refractivity contribution < 1.29 is 9.53 Å². The molecule has 0 spiro atoms. The zero-order valence-electron chi connectivity index (χ0n) is 10.1. The first-order valence-electron chi connectivity index (χ1n) is 5.72. The van der Waals surface area contributed by atoms with E-state index in [2.05, 4.69) is 0 Å². The standard InChI is InChI=1S/C13H19NO2S/c1-11(10-17-8-7-14)13(15)16-9-12-5-3-2-4-6-12/h2-6,11H,7-10,14H2,1H3. The lowest BCUT2D eigenvalue weighted by Crippen LogP contribution is -2.17. The number of ether oxygens (including phenoxy) is 1. The monoisotopic (exact) mass is 253 g/mol. The van der Waals surface area contributed by atoms with E-state index in [0.717, 1.165) is 17.1 Å². The van der Waals surface area contributed by atoms with Crippen LogP contribution in [0.5, 0.6) is 0 Å². The molecule has 0 bridgehead atoms. The Morgan fingerprint density at radius 1 is 1.41 bits per heavy atom. The summed E-state index contributed by atoms with van der Waals surface area (Å²) < 4.78 is 5.24. The van der Waals surface area contributed by atoms with Gasteiger partial charge in [0.2, 0.25) is 0 Å². The number of carbonyl (C=O) groups excluding carboxylic acids is 1. The van der Waals surface area contributed by atoms with Gasteiger partial charge in [0.25, 0.3) is 0 Å². The lowest BCUT2D eigenvalue weighted by Gasteiger charge is -2.10. The van der Waals surface area contributed by atoms with Crippen LogP contribution in [0.1, 0.15) is 12.5 Å². The third-order valence-corrected chi connectivity index (χ3v) is 3.52. The van der Waals surface area contributed by atoms with Gasteiger partial charge in [0, 0.05) is 18.1 Å². The summed E-state index contributed by atoms with van der Waals surface area (Å²) in [7, 11) is 0. The third-order valence-electron chi connectivity index (χ3n) is 2.26. The molecular formula is C13H19NO2S. The number of rotatable bonds is 7. The topological polar surface area (TPSA) is 52.3 Å². The SMILES string of the molecule is CC(CSCCN)C(=O)OCc1ccccc1. The average Bonchev–Trinajstić information content (AvgIpc) is 2.37. The Labute approximate surface area is 107 Å². The molecule has 2 N–H and O–H groups in total. The largest absolute Gasteiger partial charge is 0.461 e. The summed E-state index contributed by atoms with van der Waals surface area (Å²) in [4.78, 5) is 11.6. The first-order chi connectivity index (χ1) is 8.24. The Morgan fingerprint density at radius 2 is 2.12 bits per heavy atom. The first-order valence-corrected chi connectivity index (χ1v) is 6.88. The number of hydrogen-bond donors (Lipinski definition) is 1.